The van der Waals surface area contributed by atoms with Crippen molar-refractivity contribution < 1.29 is 13.9 Å². The van der Waals surface area contributed by atoms with Gasteiger partial charge in [0.15, 0.2) is 0 Å². The van der Waals surface area contributed by atoms with E-state index in [1.54, 1.807) is 18.2 Å². The molecule has 3 nitrogen and oxygen atoms in total. The zero-order valence-electron chi connectivity index (χ0n) is 10.4. The molecule has 1 amide bonds. The van der Waals surface area contributed by atoms with E-state index in [1.807, 2.05) is 0 Å². The number of halogens is 3. The molecule has 0 aliphatic heterocycles. The number of carbonyl (C=O) groups is 1. The molecule has 104 valence electrons. The quantitative estimate of drug-likeness (QED) is 0.813. The topological polar surface area (TPSA) is 38.3 Å². The number of amides is 1. The van der Waals surface area contributed by atoms with Crippen molar-refractivity contribution in [3.05, 3.63) is 56.7 Å². The molecule has 0 heterocycles. The summed E-state index contributed by atoms with van der Waals surface area (Å²) in [5.41, 5.74) is 0.728. The van der Waals surface area contributed by atoms with Crippen molar-refractivity contribution in [2.24, 2.45) is 0 Å². The highest BCUT2D eigenvalue weighted by Crippen LogP contribution is 2.33. The van der Waals surface area contributed by atoms with Gasteiger partial charge < -0.3 is 10.1 Å². The predicted molar refractivity (Wildman–Crippen MR) is 82.7 cm³/mol. The van der Waals surface area contributed by atoms with Crippen molar-refractivity contribution >= 4 is 43.5 Å². The molecule has 2 aromatic carbocycles. The van der Waals surface area contributed by atoms with Crippen molar-refractivity contribution in [2.45, 2.75) is 0 Å². The van der Waals surface area contributed by atoms with Gasteiger partial charge in [0.05, 0.1) is 17.1 Å². The smallest absolute Gasteiger partial charge is 0.259 e. The summed E-state index contributed by atoms with van der Waals surface area (Å²) in [5.74, 6) is -0.373. The Kier molecular flexibility index (Phi) is 4.77. The van der Waals surface area contributed by atoms with Crippen LogP contribution in [0.5, 0.6) is 5.75 Å². The van der Waals surface area contributed by atoms with E-state index in [1.165, 1.54) is 25.3 Å². The van der Waals surface area contributed by atoms with Gasteiger partial charge in [-0.2, -0.15) is 0 Å². The third-order valence-corrected chi connectivity index (χ3v) is 3.59. The number of carbonyl (C=O) groups excluding carboxylic acids is 1. The Balaban J connectivity index is 2.34. The molecule has 2 aromatic rings. The molecular weight excluding hydrogens is 393 g/mol. The van der Waals surface area contributed by atoms with Crippen LogP contribution in [0.15, 0.2) is 45.3 Å². The molecule has 0 spiro atoms. The maximum atomic E-state index is 13.1. The molecule has 2 rings (SSSR count). The maximum absolute atomic E-state index is 13.1. The second-order valence-electron chi connectivity index (χ2n) is 3.93. The minimum atomic E-state index is -0.412. The average Bonchev–Trinajstić information content (AvgIpc) is 2.37. The van der Waals surface area contributed by atoms with Crippen LogP contribution in [-0.2, 0) is 0 Å². The minimum absolute atomic E-state index is 0.345. The van der Waals surface area contributed by atoms with Crippen molar-refractivity contribution in [3.63, 3.8) is 0 Å². The Morgan fingerprint density at radius 3 is 2.65 bits per heavy atom. The summed E-state index contributed by atoms with van der Waals surface area (Å²) in [6, 6.07) is 9.11. The van der Waals surface area contributed by atoms with Crippen LogP contribution in [0.2, 0.25) is 0 Å². The van der Waals surface area contributed by atoms with Gasteiger partial charge in [-0.15, -0.1) is 0 Å². The number of ether oxygens (including phenoxy) is 1. The molecule has 0 unspecified atom stereocenters. The first kappa shape index (κ1) is 15.0. The van der Waals surface area contributed by atoms with Gasteiger partial charge in [0.25, 0.3) is 5.91 Å². The summed E-state index contributed by atoms with van der Waals surface area (Å²) in [4.78, 5) is 12.3. The number of benzene rings is 2. The van der Waals surface area contributed by atoms with Crippen LogP contribution in [-0.4, -0.2) is 13.0 Å². The number of hydrogen-bond donors (Lipinski definition) is 1. The Morgan fingerprint density at radius 2 is 2.00 bits per heavy atom. The van der Waals surface area contributed by atoms with E-state index in [2.05, 4.69) is 37.2 Å². The zero-order chi connectivity index (χ0) is 14.7. The highest BCUT2D eigenvalue weighted by molar-refractivity contribution is 9.11. The lowest BCUT2D eigenvalue weighted by Gasteiger charge is -2.11. The summed E-state index contributed by atoms with van der Waals surface area (Å²) < 4.78 is 19.7. The fraction of sp³-hybridized carbons (Fsp3) is 0.0714. The number of anilines is 1. The third-order valence-electron chi connectivity index (χ3n) is 2.54. The standard InChI is InChI=1S/C14H10Br2FNO2/c1-20-13-11(5-8(15)6-12(13)16)14(19)18-10-4-2-3-9(17)7-10/h2-7H,1H3,(H,18,19). The summed E-state index contributed by atoms with van der Waals surface area (Å²) in [6.45, 7) is 0. The lowest BCUT2D eigenvalue weighted by atomic mass is 10.2. The Morgan fingerprint density at radius 1 is 1.25 bits per heavy atom. The zero-order valence-corrected chi connectivity index (χ0v) is 13.6. The van der Waals surface area contributed by atoms with Crippen molar-refractivity contribution in [3.8, 4) is 5.75 Å². The maximum Gasteiger partial charge on any atom is 0.259 e. The first-order valence-electron chi connectivity index (χ1n) is 5.61. The monoisotopic (exact) mass is 401 g/mol. The van der Waals surface area contributed by atoms with Gasteiger partial charge in [0.2, 0.25) is 0 Å². The SMILES string of the molecule is COc1c(Br)cc(Br)cc1C(=O)Nc1cccc(F)c1. The van der Waals surface area contributed by atoms with Crippen LogP contribution < -0.4 is 10.1 Å². The number of methoxy groups -OCH3 is 1. The molecule has 0 fully saturated rings. The molecule has 0 aromatic heterocycles. The van der Waals surface area contributed by atoms with Crippen LogP contribution in [0, 0.1) is 5.82 Å². The molecule has 0 aliphatic rings. The summed E-state index contributed by atoms with van der Waals surface area (Å²) in [7, 11) is 1.48. The largest absolute Gasteiger partial charge is 0.495 e. The summed E-state index contributed by atoms with van der Waals surface area (Å²) in [6.07, 6.45) is 0. The van der Waals surface area contributed by atoms with Gasteiger partial charge in [-0.1, -0.05) is 22.0 Å². The van der Waals surface area contributed by atoms with Gasteiger partial charge in [0.1, 0.15) is 11.6 Å². The molecule has 20 heavy (non-hydrogen) atoms. The Labute approximate surface area is 132 Å². The Hall–Kier alpha value is -1.40. The van der Waals surface area contributed by atoms with E-state index < -0.39 is 5.82 Å². The van der Waals surface area contributed by atoms with Crippen LogP contribution >= 0.6 is 31.9 Å². The van der Waals surface area contributed by atoms with Gasteiger partial charge in [0, 0.05) is 10.2 Å². The van der Waals surface area contributed by atoms with E-state index in [0.717, 1.165) is 4.47 Å². The predicted octanol–water partition coefficient (Wildman–Crippen LogP) is 4.61. The normalized spacial score (nSPS) is 10.2. The number of nitrogens with one attached hydrogen (secondary N) is 1. The van der Waals surface area contributed by atoms with Gasteiger partial charge in [-0.25, -0.2) is 4.39 Å². The summed E-state index contributed by atoms with van der Waals surface area (Å²) in [5, 5.41) is 2.63. The third kappa shape index (κ3) is 3.37. The molecule has 0 saturated carbocycles. The first-order valence-corrected chi connectivity index (χ1v) is 7.20. The fourth-order valence-corrected chi connectivity index (χ4v) is 3.09. The van der Waals surface area contributed by atoms with E-state index in [0.29, 0.717) is 21.5 Å². The fourth-order valence-electron chi connectivity index (χ4n) is 1.70. The van der Waals surface area contributed by atoms with E-state index in [-0.39, 0.29) is 5.91 Å². The minimum Gasteiger partial charge on any atom is -0.495 e. The van der Waals surface area contributed by atoms with Gasteiger partial charge in [-0.3, -0.25) is 4.79 Å². The Bertz CT molecular complexity index is 662. The molecule has 0 bridgehead atoms. The molecule has 0 aliphatic carbocycles. The van der Waals surface area contributed by atoms with Crippen molar-refractivity contribution in [1.82, 2.24) is 0 Å². The first-order chi connectivity index (χ1) is 9.51. The highest BCUT2D eigenvalue weighted by Gasteiger charge is 2.16. The average molecular weight is 403 g/mol. The van der Waals surface area contributed by atoms with Crippen LogP contribution in [0.3, 0.4) is 0 Å². The molecule has 0 saturated heterocycles. The number of hydrogen-bond acceptors (Lipinski definition) is 2. The van der Waals surface area contributed by atoms with Crippen LogP contribution in [0.25, 0.3) is 0 Å². The molecular formula is C14H10Br2FNO2. The molecule has 0 radical (unpaired) electrons. The van der Waals surface area contributed by atoms with E-state index in [9.17, 15) is 9.18 Å². The van der Waals surface area contributed by atoms with Crippen LogP contribution in [0.4, 0.5) is 10.1 Å². The van der Waals surface area contributed by atoms with Gasteiger partial charge in [-0.05, 0) is 46.3 Å². The van der Waals surface area contributed by atoms with Crippen molar-refractivity contribution in [1.29, 1.82) is 0 Å². The van der Waals surface area contributed by atoms with Crippen LogP contribution in [0.1, 0.15) is 10.4 Å². The second-order valence-corrected chi connectivity index (χ2v) is 5.70. The molecule has 6 heteroatoms. The summed E-state index contributed by atoms with van der Waals surface area (Å²) >= 11 is 6.64. The van der Waals surface area contributed by atoms with E-state index in [4.69, 9.17) is 4.74 Å². The molecule has 0 atom stereocenters. The van der Waals surface area contributed by atoms with Gasteiger partial charge >= 0.3 is 0 Å². The lowest BCUT2D eigenvalue weighted by Crippen LogP contribution is -2.13. The lowest BCUT2D eigenvalue weighted by molar-refractivity contribution is 0.102. The highest BCUT2D eigenvalue weighted by atomic mass is 79.9. The van der Waals surface area contributed by atoms with Crippen molar-refractivity contribution in [2.75, 3.05) is 12.4 Å². The second kappa shape index (κ2) is 6.37. The van der Waals surface area contributed by atoms with E-state index >= 15 is 0 Å². The number of rotatable bonds is 3. The molecule has 1 N–H and O–H groups in total.